The number of aryl methyl sites for hydroxylation is 1. The van der Waals surface area contributed by atoms with Gasteiger partial charge in [0.05, 0.1) is 4.92 Å². The van der Waals surface area contributed by atoms with Crippen LogP contribution in [0.1, 0.15) is 40.3 Å². The lowest BCUT2D eigenvalue weighted by Gasteiger charge is -2.27. The summed E-state index contributed by atoms with van der Waals surface area (Å²) in [5, 5.41) is 17.3. The first-order valence-electron chi connectivity index (χ1n) is 7.17. The van der Waals surface area contributed by atoms with Crippen LogP contribution in [0.15, 0.2) is 0 Å². The van der Waals surface area contributed by atoms with Crippen molar-refractivity contribution >= 4 is 17.5 Å². The minimum absolute atomic E-state index is 0.0576. The van der Waals surface area contributed by atoms with E-state index >= 15 is 0 Å². The quantitative estimate of drug-likeness (QED) is 0.618. The minimum atomic E-state index is -0.435. The lowest BCUT2D eigenvalue weighted by molar-refractivity contribution is -0.385. The van der Waals surface area contributed by atoms with Crippen molar-refractivity contribution in [3.05, 3.63) is 15.8 Å². The average Bonchev–Trinajstić information content (AvgIpc) is 2.33. The molecular formula is C14H25N5O2. The van der Waals surface area contributed by atoms with Crippen LogP contribution in [0.5, 0.6) is 0 Å². The number of hydrogen-bond acceptors (Lipinski definition) is 6. The van der Waals surface area contributed by atoms with E-state index in [0.717, 1.165) is 0 Å². The van der Waals surface area contributed by atoms with E-state index in [1.165, 1.54) is 0 Å². The molecule has 0 aliphatic carbocycles. The molecule has 0 saturated heterocycles. The summed E-state index contributed by atoms with van der Waals surface area (Å²) < 4.78 is 0. The fourth-order valence-corrected chi connectivity index (χ4v) is 1.70. The molecule has 118 valence electrons. The van der Waals surface area contributed by atoms with Crippen molar-refractivity contribution in [1.82, 2.24) is 9.97 Å². The standard InChI is InChI=1S/C14H25N5O2/c1-7-15-13-17-10(3)11(19(20)21)12(18-13)16-8-9(2)14(4,5)6/h9H,7-8H2,1-6H3,(H2,15,16,17,18). The smallest absolute Gasteiger partial charge is 0.332 e. The van der Waals surface area contributed by atoms with Crippen LogP contribution in [0.3, 0.4) is 0 Å². The van der Waals surface area contributed by atoms with Crippen molar-refractivity contribution in [1.29, 1.82) is 0 Å². The maximum Gasteiger partial charge on any atom is 0.332 e. The Morgan fingerprint density at radius 1 is 1.29 bits per heavy atom. The molecule has 0 aromatic carbocycles. The first kappa shape index (κ1) is 17.1. The largest absolute Gasteiger partial charge is 0.364 e. The number of nitrogens with one attached hydrogen (secondary N) is 2. The molecule has 0 fully saturated rings. The molecule has 1 rings (SSSR count). The van der Waals surface area contributed by atoms with Gasteiger partial charge in [-0.25, -0.2) is 4.98 Å². The van der Waals surface area contributed by atoms with Crippen LogP contribution in [-0.2, 0) is 0 Å². The highest BCUT2D eigenvalue weighted by atomic mass is 16.6. The second-order valence-corrected chi connectivity index (χ2v) is 6.27. The number of rotatable bonds is 6. The van der Waals surface area contributed by atoms with E-state index in [-0.39, 0.29) is 16.9 Å². The zero-order chi connectivity index (χ0) is 16.2. The Hall–Kier alpha value is -1.92. The molecule has 1 atom stereocenters. The van der Waals surface area contributed by atoms with Crippen molar-refractivity contribution in [2.75, 3.05) is 23.7 Å². The van der Waals surface area contributed by atoms with Gasteiger partial charge < -0.3 is 10.6 Å². The number of nitro groups is 1. The Kier molecular flexibility index (Phi) is 5.46. The summed E-state index contributed by atoms with van der Waals surface area (Å²) in [6.07, 6.45) is 0. The molecule has 1 aromatic rings. The summed E-state index contributed by atoms with van der Waals surface area (Å²) in [4.78, 5) is 19.1. The van der Waals surface area contributed by atoms with E-state index in [0.29, 0.717) is 30.6 Å². The fourth-order valence-electron chi connectivity index (χ4n) is 1.70. The highest BCUT2D eigenvalue weighted by molar-refractivity contribution is 5.60. The van der Waals surface area contributed by atoms with E-state index in [2.05, 4.69) is 48.3 Å². The summed E-state index contributed by atoms with van der Waals surface area (Å²) in [5.41, 5.74) is 0.420. The van der Waals surface area contributed by atoms with E-state index < -0.39 is 4.92 Å². The molecule has 7 heteroatoms. The summed E-state index contributed by atoms with van der Waals surface area (Å²) in [7, 11) is 0. The average molecular weight is 295 g/mol. The molecule has 1 heterocycles. The molecule has 21 heavy (non-hydrogen) atoms. The summed E-state index contributed by atoms with van der Waals surface area (Å²) in [6, 6.07) is 0. The number of anilines is 2. The van der Waals surface area contributed by atoms with Gasteiger partial charge in [-0.3, -0.25) is 10.1 Å². The lowest BCUT2D eigenvalue weighted by atomic mass is 9.82. The molecule has 0 aliphatic heterocycles. The molecule has 1 unspecified atom stereocenters. The Labute approximate surface area is 125 Å². The van der Waals surface area contributed by atoms with E-state index in [1.807, 2.05) is 6.92 Å². The summed E-state index contributed by atoms with van der Waals surface area (Å²) in [5.74, 6) is 1.03. The van der Waals surface area contributed by atoms with Crippen LogP contribution in [-0.4, -0.2) is 28.0 Å². The molecule has 1 aromatic heterocycles. The van der Waals surface area contributed by atoms with Gasteiger partial charge in [0, 0.05) is 13.1 Å². The maximum absolute atomic E-state index is 11.2. The molecule has 0 amide bonds. The zero-order valence-electron chi connectivity index (χ0n) is 13.6. The van der Waals surface area contributed by atoms with Crippen LogP contribution in [0.4, 0.5) is 17.5 Å². The first-order chi connectivity index (χ1) is 9.66. The molecule has 0 saturated carbocycles. The molecular weight excluding hydrogens is 270 g/mol. The van der Waals surface area contributed by atoms with Gasteiger partial charge in [-0.05, 0) is 25.2 Å². The Bertz CT molecular complexity index is 511. The molecule has 0 bridgehead atoms. The monoisotopic (exact) mass is 295 g/mol. The van der Waals surface area contributed by atoms with Gasteiger partial charge in [-0.2, -0.15) is 4.98 Å². The lowest BCUT2D eigenvalue weighted by Crippen LogP contribution is -2.25. The number of nitrogens with zero attached hydrogens (tertiary/aromatic N) is 3. The van der Waals surface area contributed by atoms with Crippen LogP contribution in [0.25, 0.3) is 0 Å². The highest BCUT2D eigenvalue weighted by Gasteiger charge is 2.24. The molecule has 2 N–H and O–H groups in total. The van der Waals surface area contributed by atoms with Gasteiger partial charge in [0.15, 0.2) is 0 Å². The fraction of sp³-hybridized carbons (Fsp3) is 0.714. The van der Waals surface area contributed by atoms with Crippen LogP contribution >= 0.6 is 0 Å². The van der Waals surface area contributed by atoms with Crippen molar-refractivity contribution in [2.45, 2.75) is 41.5 Å². The number of hydrogen-bond donors (Lipinski definition) is 2. The van der Waals surface area contributed by atoms with Gasteiger partial charge >= 0.3 is 5.69 Å². The molecule has 0 radical (unpaired) electrons. The van der Waals surface area contributed by atoms with Gasteiger partial charge in [0.1, 0.15) is 5.69 Å². The zero-order valence-corrected chi connectivity index (χ0v) is 13.6. The Morgan fingerprint density at radius 2 is 1.90 bits per heavy atom. The predicted octanol–water partition coefficient (Wildman–Crippen LogP) is 3.22. The molecule has 0 aliphatic rings. The maximum atomic E-state index is 11.2. The van der Waals surface area contributed by atoms with Crippen LogP contribution in [0, 0.1) is 28.4 Å². The van der Waals surface area contributed by atoms with Gasteiger partial charge in [-0.1, -0.05) is 27.7 Å². The van der Waals surface area contributed by atoms with Crippen molar-refractivity contribution in [3.63, 3.8) is 0 Å². The predicted molar refractivity (Wildman–Crippen MR) is 84.7 cm³/mol. The third-order valence-electron chi connectivity index (χ3n) is 3.63. The third-order valence-corrected chi connectivity index (χ3v) is 3.63. The first-order valence-corrected chi connectivity index (χ1v) is 7.17. The van der Waals surface area contributed by atoms with Gasteiger partial charge in [0.25, 0.3) is 0 Å². The normalized spacial score (nSPS) is 12.9. The summed E-state index contributed by atoms with van der Waals surface area (Å²) >= 11 is 0. The topological polar surface area (TPSA) is 93.0 Å². The highest BCUT2D eigenvalue weighted by Crippen LogP contribution is 2.29. The van der Waals surface area contributed by atoms with Crippen molar-refractivity contribution in [3.8, 4) is 0 Å². The summed E-state index contributed by atoms with van der Waals surface area (Å²) in [6.45, 7) is 13.4. The van der Waals surface area contributed by atoms with Crippen molar-refractivity contribution in [2.24, 2.45) is 11.3 Å². The second kappa shape index (κ2) is 6.69. The van der Waals surface area contributed by atoms with Crippen LogP contribution in [0.2, 0.25) is 0 Å². The van der Waals surface area contributed by atoms with Crippen LogP contribution < -0.4 is 10.6 Å². The Morgan fingerprint density at radius 3 is 2.38 bits per heavy atom. The SMILES string of the molecule is CCNc1nc(C)c([N+](=O)[O-])c(NCC(C)C(C)(C)C)n1. The third kappa shape index (κ3) is 4.54. The minimum Gasteiger partial charge on any atom is -0.364 e. The van der Waals surface area contributed by atoms with E-state index in [4.69, 9.17) is 0 Å². The van der Waals surface area contributed by atoms with Crippen molar-refractivity contribution < 1.29 is 4.92 Å². The molecule has 0 spiro atoms. The van der Waals surface area contributed by atoms with Gasteiger partial charge in [-0.15, -0.1) is 0 Å². The second-order valence-electron chi connectivity index (χ2n) is 6.27. The molecule has 7 nitrogen and oxygen atoms in total. The van der Waals surface area contributed by atoms with E-state index in [9.17, 15) is 10.1 Å². The Balaban J connectivity index is 3.05. The number of aromatic nitrogens is 2. The van der Waals surface area contributed by atoms with Gasteiger partial charge in [0.2, 0.25) is 11.8 Å². The van der Waals surface area contributed by atoms with E-state index in [1.54, 1.807) is 6.92 Å².